The van der Waals surface area contributed by atoms with Gasteiger partial charge < -0.3 is 4.74 Å². The summed E-state index contributed by atoms with van der Waals surface area (Å²) in [6.45, 7) is 3.03. The molecule has 1 aliphatic carbocycles. The van der Waals surface area contributed by atoms with Gasteiger partial charge in [-0.1, -0.05) is 19.8 Å². The van der Waals surface area contributed by atoms with E-state index in [2.05, 4.69) is 13.0 Å². The second kappa shape index (κ2) is 5.99. The van der Waals surface area contributed by atoms with Crippen molar-refractivity contribution in [3.8, 4) is 6.07 Å². The van der Waals surface area contributed by atoms with E-state index in [4.69, 9.17) is 10.00 Å². The fourth-order valence-electron chi connectivity index (χ4n) is 1.86. The lowest BCUT2D eigenvalue weighted by Gasteiger charge is -2.14. The second-order valence-electron chi connectivity index (χ2n) is 3.78. The Labute approximate surface area is 80.9 Å². The number of rotatable bonds is 5. The Balaban J connectivity index is 2.10. The topological polar surface area (TPSA) is 33.0 Å². The van der Waals surface area contributed by atoms with Crippen molar-refractivity contribution in [2.75, 3.05) is 6.61 Å². The average molecular weight is 181 g/mol. The summed E-state index contributed by atoms with van der Waals surface area (Å²) in [5.41, 5.74) is 0. The first kappa shape index (κ1) is 10.5. The summed E-state index contributed by atoms with van der Waals surface area (Å²) in [6.07, 6.45) is 7.14. The number of ether oxygens (including phenoxy) is 1. The first-order valence-electron chi connectivity index (χ1n) is 5.39. The van der Waals surface area contributed by atoms with Gasteiger partial charge in [0.2, 0.25) is 0 Å². The third-order valence-corrected chi connectivity index (χ3v) is 2.70. The Hall–Kier alpha value is -0.550. The Kier molecular flexibility index (Phi) is 4.85. The lowest BCUT2D eigenvalue weighted by atomic mass is 10.1. The van der Waals surface area contributed by atoms with Gasteiger partial charge in [0.25, 0.3) is 0 Å². The minimum atomic E-state index is 0.168. The number of hydrogen-bond donors (Lipinski definition) is 0. The zero-order chi connectivity index (χ0) is 9.52. The lowest BCUT2D eigenvalue weighted by Crippen LogP contribution is -2.17. The van der Waals surface area contributed by atoms with Gasteiger partial charge in [0.05, 0.1) is 18.1 Å². The summed E-state index contributed by atoms with van der Waals surface area (Å²) >= 11 is 0. The largest absolute Gasteiger partial charge is 0.377 e. The maximum absolute atomic E-state index is 8.81. The van der Waals surface area contributed by atoms with E-state index in [1.54, 1.807) is 0 Å². The fraction of sp³-hybridized carbons (Fsp3) is 0.909. The molecule has 0 saturated heterocycles. The van der Waals surface area contributed by atoms with Crippen molar-refractivity contribution >= 4 is 0 Å². The van der Waals surface area contributed by atoms with Gasteiger partial charge in [-0.2, -0.15) is 5.26 Å². The molecule has 0 aromatic rings. The van der Waals surface area contributed by atoms with Gasteiger partial charge >= 0.3 is 0 Å². The van der Waals surface area contributed by atoms with Crippen LogP contribution in [0.1, 0.15) is 45.4 Å². The number of nitrogens with zero attached hydrogens (tertiary/aromatic N) is 1. The molecule has 1 rings (SSSR count). The van der Waals surface area contributed by atoms with Crippen LogP contribution in [0.2, 0.25) is 0 Å². The first-order chi connectivity index (χ1) is 6.38. The molecule has 0 spiro atoms. The average Bonchev–Trinajstić information content (AvgIpc) is 2.60. The van der Waals surface area contributed by atoms with Crippen molar-refractivity contribution in [2.45, 2.75) is 51.6 Å². The van der Waals surface area contributed by atoms with E-state index in [1.807, 2.05) is 0 Å². The highest BCUT2D eigenvalue weighted by Crippen LogP contribution is 2.27. The summed E-state index contributed by atoms with van der Waals surface area (Å²) in [5, 5.41) is 8.81. The van der Waals surface area contributed by atoms with E-state index in [9.17, 15) is 0 Å². The van der Waals surface area contributed by atoms with E-state index < -0.39 is 0 Å². The van der Waals surface area contributed by atoms with Gasteiger partial charge in [-0.15, -0.1) is 0 Å². The molecule has 2 nitrogen and oxygen atoms in total. The zero-order valence-corrected chi connectivity index (χ0v) is 8.46. The minimum absolute atomic E-state index is 0.168. The minimum Gasteiger partial charge on any atom is -0.377 e. The van der Waals surface area contributed by atoms with Gasteiger partial charge in [0, 0.05) is 6.61 Å². The standard InChI is InChI=1S/C11H19NO/c1-2-3-4-8-13-11-7-5-6-10(11)9-12/h10-11H,2-8H2,1H3. The quantitative estimate of drug-likeness (QED) is 0.611. The van der Waals surface area contributed by atoms with Gasteiger partial charge in [-0.05, 0) is 25.7 Å². The normalized spacial score (nSPS) is 27.4. The summed E-state index contributed by atoms with van der Waals surface area (Å²) in [5.74, 6) is 0.168. The van der Waals surface area contributed by atoms with Crippen LogP contribution in [0.4, 0.5) is 0 Å². The predicted molar refractivity (Wildman–Crippen MR) is 52.2 cm³/mol. The molecular formula is C11H19NO. The van der Waals surface area contributed by atoms with E-state index in [0.717, 1.165) is 32.3 Å². The van der Waals surface area contributed by atoms with Crippen LogP contribution in [0.5, 0.6) is 0 Å². The van der Waals surface area contributed by atoms with Crippen molar-refractivity contribution in [3.63, 3.8) is 0 Å². The van der Waals surface area contributed by atoms with Gasteiger partial charge in [-0.3, -0.25) is 0 Å². The Bertz CT molecular complexity index is 173. The van der Waals surface area contributed by atoms with Crippen molar-refractivity contribution < 1.29 is 4.74 Å². The highest BCUT2D eigenvalue weighted by atomic mass is 16.5. The first-order valence-corrected chi connectivity index (χ1v) is 5.39. The molecule has 2 atom stereocenters. The molecule has 0 radical (unpaired) electrons. The van der Waals surface area contributed by atoms with Crippen molar-refractivity contribution in [3.05, 3.63) is 0 Å². The summed E-state index contributed by atoms with van der Waals surface area (Å²) in [7, 11) is 0. The van der Waals surface area contributed by atoms with Gasteiger partial charge in [0.1, 0.15) is 0 Å². The molecule has 0 aromatic heterocycles. The third kappa shape index (κ3) is 3.36. The SMILES string of the molecule is CCCCCOC1CCCC1C#N. The van der Waals surface area contributed by atoms with Crippen molar-refractivity contribution in [2.24, 2.45) is 5.92 Å². The molecule has 1 fully saturated rings. The smallest absolute Gasteiger partial charge is 0.0733 e. The molecule has 0 aromatic carbocycles. The van der Waals surface area contributed by atoms with Crippen LogP contribution in [0, 0.1) is 17.2 Å². The van der Waals surface area contributed by atoms with Gasteiger partial charge in [0.15, 0.2) is 0 Å². The molecule has 2 heteroatoms. The molecule has 0 N–H and O–H groups in total. The second-order valence-corrected chi connectivity index (χ2v) is 3.78. The Morgan fingerprint density at radius 3 is 2.92 bits per heavy atom. The number of nitriles is 1. The zero-order valence-electron chi connectivity index (χ0n) is 8.46. The van der Waals surface area contributed by atoms with E-state index >= 15 is 0 Å². The fourth-order valence-corrected chi connectivity index (χ4v) is 1.86. The maximum atomic E-state index is 8.81. The summed E-state index contributed by atoms with van der Waals surface area (Å²) in [6, 6.07) is 2.33. The molecule has 13 heavy (non-hydrogen) atoms. The predicted octanol–water partition coefficient (Wildman–Crippen LogP) is 2.89. The third-order valence-electron chi connectivity index (χ3n) is 2.70. The molecule has 0 aliphatic heterocycles. The highest BCUT2D eigenvalue weighted by molar-refractivity contribution is 4.93. The molecule has 2 unspecified atom stereocenters. The van der Waals surface area contributed by atoms with Gasteiger partial charge in [-0.25, -0.2) is 0 Å². The van der Waals surface area contributed by atoms with Crippen LogP contribution >= 0.6 is 0 Å². The van der Waals surface area contributed by atoms with Crippen LogP contribution < -0.4 is 0 Å². The molecule has 1 aliphatic rings. The van der Waals surface area contributed by atoms with Crippen LogP contribution in [0.3, 0.4) is 0 Å². The molecule has 1 saturated carbocycles. The summed E-state index contributed by atoms with van der Waals surface area (Å²) in [4.78, 5) is 0. The Morgan fingerprint density at radius 1 is 1.38 bits per heavy atom. The van der Waals surface area contributed by atoms with E-state index in [0.29, 0.717) is 0 Å². The van der Waals surface area contributed by atoms with Crippen LogP contribution in [-0.4, -0.2) is 12.7 Å². The molecule has 0 bridgehead atoms. The lowest BCUT2D eigenvalue weighted by molar-refractivity contribution is 0.0391. The van der Waals surface area contributed by atoms with E-state index in [-0.39, 0.29) is 12.0 Å². The molecular weight excluding hydrogens is 162 g/mol. The monoisotopic (exact) mass is 181 g/mol. The molecule has 0 heterocycles. The van der Waals surface area contributed by atoms with Crippen LogP contribution in [0.25, 0.3) is 0 Å². The Morgan fingerprint density at radius 2 is 2.23 bits per heavy atom. The number of hydrogen-bond acceptors (Lipinski definition) is 2. The van der Waals surface area contributed by atoms with Crippen molar-refractivity contribution in [1.82, 2.24) is 0 Å². The highest BCUT2D eigenvalue weighted by Gasteiger charge is 2.27. The maximum Gasteiger partial charge on any atom is 0.0733 e. The van der Waals surface area contributed by atoms with Crippen molar-refractivity contribution in [1.29, 1.82) is 5.26 Å². The summed E-state index contributed by atoms with van der Waals surface area (Å²) < 4.78 is 5.69. The molecule has 0 amide bonds. The molecule has 74 valence electrons. The van der Waals surface area contributed by atoms with Crippen LogP contribution in [-0.2, 0) is 4.74 Å². The van der Waals surface area contributed by atoms with E-state index in [1.165, 1.54) is 12.8 Å². The van der Waals surface area contributed by atoms with Crippen LogP contribution in [0.15, 0.2) is 0 Å². The number of unbranched alkanes of at least 4 members (excludes halogenated alkanes) is 2.